The van der Waals surface area contributed by atoms with Gasteiger partial charge in [0.2, 0.25) is 10.0 Å². The van der Waals surface area contributed by atoms with Gasteiger partial charge in [0, 0.05) is 26.2 Å². The Labute approximate surface area is 245 Å². The summed E-state index contributed by atoms with van der Waals surface area (Å²) in [5, 5.41) is 2.25. The quantitative estimate of drug-likeness (QED) is 0.384. The van der Waals surface area contributed by atoms with Crippen molar-refractivity contribution in [2.45, 2.75) is 90.2 Å². The molecule has 2 N–H and O–H groups in total. The molecule has 9 nitrogen and oxygen atoms in total. The molecule has 10 heteroatoms. The number of nitrogens with one attached hydrogen (secondary N) is 2. The van der Waals surface area contributed by atoms with Gasteiger partial charge in [-0.25, -0.2) is 22.7 Å². The van der Waals surface area contributed by atoms with Crippen molar-refractivity contribution in [1.82, 2.24) is 14.9 Å². The second-order valence-electron chi connectivity index (χ2n) is 12.5. The van der Waals surface area contributed by atoms with Crippen LogP contribution in [0.5, 0.6) is 0 Å². The number of ether oxygens (including phenoxy) is 2. The lowest BCUT2D eigenvalue weighted by Crippen LogP contribution is -2.43. The van der Waals surface area contributed by atoms with Crippen LogP contribution >= 0.6 is 0 Å². The summed E-state index contributed by atoms with van der Waals surface area (Å²) in [6.07, 6.45) is 1.48. The van der Waals surface area contributed by atoms with Crippen LogP contribution in [-0.4, -0.2) is 61.6 Å². The monoisotopic (exact) mass is 587 g/mol. The van der Waals surface area contributed by atoms with Gasteiger partial charge in [-0.05, 0) is 89.5 Å². The Hall–Kier alpha value is -3.11. The van der Waals surface area contributed by atoms with Gasteiger partial charge in [-0.1, -0.05) is 48.5 Å². The highest BCUT2D eigenvalue weighted by molar-refractivity contribution is 7.90. The molecule has 1 aliphatic rings. The molecule has 0 bridgehead atoms. The van der Waals surface area contributed by atoms with E-state index in [4.69, 9.17) is 9.47 Å². The van der Waals surface area contributed by atoms with E-state index in [1.54, 1.807) is 4.90 Å². The van der Waals surface area contributed by atoms with E-state index in [0.29, 0.717) is 32.4 Å². The Balaban J connectivity index is 1.49. The van der Waals surface area contributed by atoms with Crippen molar-refractivity contribution in [2.75, 3.05) is 19.6 Å². The van der Waals surface area contributed by atoms with Gasteiger partial charge in [0.25, 0.3) is 0 Å². The molecule has 2 aromatic carbocycles. The summed E-state index contributed by atoms with van der Waals surface area (Å²) >= 11 is 0. The second-order valence-corrected chi connectivity index (χ2v) is 14.5. The van der Waals surface area contributed by atoms with Crippen LogP contribution in [0.25, 0.3) is 0 Å². The van der Waals surface area contributed by atoms with Crippen molar-refractivity contribution in [3.63, 3.8) is 0 Å². The molecule has 0 saturated carbocycles. The van der Waals surface area contributed by atoms with Crippen molar-refractivity contribution < 1.29 is 27.5 Å². The van der Waals surface area contributed by atoms with E-state index in [1.165, 1.54) is 0 Å². The number of nitrogens with zero attached hydrogens (tertiary/aromatic N) is 1. The van der Waals surface area contributed by atoms with Gasteiger partial charge in [0.1, 0.15) is 11.2 Å². The van der Waals surface area contributed by atoms with Crippen molar-refractivity contribution in [1.29, 1.82) is 0 Å². The predicted octanol–water partition coefficient (Wildman–Crippen LogP) is 4.97. The summed E-state index contributed by atoms with van der Waals surface area (Å²) in [5.41, 5.74) is 2.99. The number of rotatable bonds is 11. The van der Waals surface area contributed by atoms with Gasteiger partial charge in [-0.2, -0.15) is 0 Å². The molecule has 226 valence electrons. The van der Waals surface area contributed by atoms with Gasteiger partial charge in [-0.15, -0.1) is 0 Å². The number of carbonyl (C=O) groups excluding carboxylic acids is 2. The fourth-order valence-corrected chi connectivity index (χ4v) is 6.00. The molecule has 0 aliphatic heterocycles. The maximum Gasteiger partial charge on any atom is 0.410 e. The molecule has 0 radical (unpaired) electrons. The SMILES string of the molecule is CC(C)(C)OC(=O)NCc1ccc(CCCN(CCNS(=O)(=O)C2Cc3ccccc3C2)C(=O)OC(C)(C)C)cc1. The minimum atomic E-state index is -3.53. The summed E-state index contributed by atoms with van der Waals surface area (Å²) in [6, 6.07) is 15.7. The van der Waals surface area contributed by atoms with E-state index < -0.39 is 38.7 Å². The fourth-order valence-electron chi connectivity index (χ4n) is 4.59. The van der Waals surface area contributed by atoms with Crippen LogP contribution in [0.2, 0.25) is 0 Å². The summed E-state index contributed by atoms with van der Waals surface area (Å²) in [5.74, 6) is 0. The predicted molar refractivity (Wildman–Crippen MR) is 160 cm³/mol. The van der Waals surface area contributed by atoms with E-state index >= 15 is 0 Å². The molecule has 0 spiro atoms. The van der Waals surface area contributed by atoms with Crippen LogP contribution in [0, 0.1) is 0 Å². The van der Waals surface area contributed by atoms with Crippen LogP contribution in [0.4, 0.5) is 9.59 Å². The first kappa shape index (κ1) is 32.4. The lowest BCUT2D eigenvalue weighted by atomic mass is 10.1. The van der Waals surface area contributed by atoms with Crippen molar-refractivity contribution >= 4 is 22.2 Å². The number of hydrogen-bond donors (Lipinski definition) is 2. The first-order chi connectivity index (χ1) is 19.1. The van der Waals surface area contributed by atoms with Crippen molar-refractivity contribution in [2.24, 2.45) is 0 Å². The molecule has 41 heavy (non-hydrogen) atoms. The molecule has 1 aliphatic carbocycles. The molecule has 0 atom stereocenters. The zero-order valence-corrected chi connectivity index (χ0v) is 26.0. The number of benzene rings is 2. The number of alkyl carbamates (subject to hydrolysis) is 1. The lowest BCUT2D eigenvalue weighted by molar-refractivity contribution is 0.0251. The van der Waals surface area contributed by atoms with Crippen LogP contribution in [0.3, 0.4) is 0 Å². The summed E-state index contributed by atoms with van der Waals surface area (Å²) in [4.78, 5) is 26.3. The number of hydrogen-bond acceptors (Lipinski definition) is 6. The number of fused-ring (bicyclic) bond motifs is 1. The Bertz CT molecular complexity index is 1260. The summed E-state index contributed by atoms with van der Waals surface area (Å²) in [7, 11) is -3.53. The zero-order chi connectivity index (χ0) is 30.3. The lowest BCUT2D eigenvalue weighted by Gasteiger charge is -2.27. The summed E-state index contributed by atoms with van der Waals surface area (Å²) < 4.78 is 39.5. The molecule has 2 aromatic rings. The standard InChI is InChI=1S/C31H45N3O6S/c1-30(2,3)39-28(35)32-22-24-15-13-23(14-16-24)10-9-18-34(29(36)40-31(4,5)6)19-17-33-41(37,38)27-20-25-11-7-8-12-26(25)21-27/h7-8,11-16,27,33H,9-10,17-22H2,1-6H3,(H,32,35). The molecule has 3 rings (SSSR count). The van der Waals surface area contributed by atoms with Gasteiger partial charge in [0.15, 0.2) is 0 Å². The molecular weight excluding hydrogens is 542 g/mol. The third-order valence-corrected chi connectivity index (χ3v) is 8.36. The van der Waals surface area contributed by atoms with Gasteiger partial charge < -0.3 is 19.7 Å². The Kier molecular flexibility index (Phi) is 10.8. The van der Waals surface area contributed by atoms with Crippen molar-refractivity contribution in [3.05, 3.63) is 70.8 Å². The van der Waals surface area contributed by atoms with E-state index in [2.05, 4.69) is 10.0 Å². The Morgan fingerprint density at radius 2 is 1.41 bits per heavy atom. The van der Waals surface area contributed by atoms with E-state index in [0.717, 1.165) is 28.7 Å². The van der Waals surface area contributed by atoms with Crippen LogP contribution in [0.15, 0.2) is 48.5 Å². The molecule has 0 unspecified atom stereocenters. The molecule has 0 heterocycles. The minimum absolute atomic E-state index is 0.119. The topological polar surface area (TPSA) is 114 Å². The average Bonchev–Trinajstić information content (AvgIpc) is 3.31. The fraction of sp³-hybridized carbons (Fsp3) is 0.548. The van der Waals surface area contributed by atoms with Crippen LogP contribution in [-0.2, 0) is 45.3 Å². The molecule has 2 amide bonds. The summed E-state index contributed by atoms with van der Waals surface area (Å²) in [6.45, 7) is 12.0. The molecule has 0 saturated heterocycles. The first-order valence-corrected chi connectivity index (χ1v) is 15.7. The maximum absolute atomic E-state index is 13.0. The average molecular weight is 588 g/mol. The van der Waals surface area contributed by atoms with E-state index in [-0.39, 0.29) is 13.1 Å². The van der Waals surface area contributed by atoms with Crippen molar-refractivity contribution in [3.8, 4) is 0 Å². The normalized spacial score (nSPS) is 13.9. The van der Waals surface area contributed by atoms with Crippen LogP contribution in [0.1, 0.15) is 70.2 Å². The first-order valence-electron chi connectivity index (χ1n) is 14.2. The largest absolute Gasteiger partial charge is 0.444 e. The number of amides is 2. The zero-order valence-electron chi connectivity index (χ0n) is 25.2. The Morgan fingerprint density at radius 1 is 0.854 bits per heavy atom. The van der Waals surface area contributed by atoms with E-state index in [9.17, 15) is 18.0 Å². The third-order valence-electron chi connectivity index (χ3n) is 6.54. The smallest absolute Gasteiger partial charge is 0.410 e. The van der Waals surface area contributed by atoms with E-state index in [1.807, 2.05) is 90.1 Å². The Morgan fingerprint density at radius 3 is 1.98 bits per heavy atom. The highest BCUT2D eigenvalue weighted by Gasteiger charge is 2.32. The van der Waals surface area contributed by atoms with Gasteiger partial charge in [0.05, 0.1) is 5.25 Å². The van der Waals surface area contributed by atoms with Gasteiger partial charge in [-0.3, -0.25) is 0 Å². The number of sulfonamides is 1. The second kappa shape index (κ2) is 13.7. The highest BCUT2D eigenvalue weighted by Crippen LogP contribution is 2.25. The number of carbonyl (C=O) groups is 2. The molecule has 0 fully saturated rings. The number of aryl methyl sites for hydroxylation is 1. The highest BCUT2D eigenvalue weighted by atomic mass is 32.2. The van der Waals surface area contributed by atoms with Crippen LogP contribution < -0.4 is 10.0 Å². The van der Waals surface area contributed by atoms with Gasteiger partial charge >= 0.3 is 12.2 Å². The molecule has 0 aromatic heterocycles. The maximum atomic E-state index is 13.0. The minimum Gasteiger partial charge on any atom is -0.444 e. The third kappa shape index (κ3) is 11.0. The molecular formula is C31H45N3O6S.